The van der Waals surface area contributed by atoms with E-state index in [0.29, 0.717) is 0 Å². The molecule has 8 heteroatoms. The Kier molecular flexibility index (Phi) is 8.98. The third-order valence-electron chi connectivity index (χ3n) is 3.39. The van der Waals surface area contributed by atoms with E-state index in [2.05, 4.69) is 31.3 Å². The zero-order chi connectivity index (χ0) is 18.8. The number of alkyl carbamates (subject to hydrolysis) is 1. The van der Waals surface area contributed by atoms with E-state index in [9.17, 15) is 14.4 Å². The number of hydrogen-bond donors (Lipinski definition) is 2. The number of methoxy groups -OCH3 is 1. The molecule has 138 valence electrons. The van der Waals surface area contributed by atoms with Crippen LogP contribution in [0, 0.1) is 5.92 Å². The first-order chi connectivity index (χ1) is 11.9. The Morgan fingerprint density at radius 2 is 1.76 bits per heavy atom. The van der Waals surface area contributed by atoms with Crippen molar-refractivity contribution >= 4 is 33.9 Å². The molecule has 0 saturated carbocycles. The summed E-state index contributed by atoms with van der Waals surface area (Å²) in [6, 6.07) is 7.54. The van der Waals surface area contributed by atoms with Gasteiger partial charge < -0.3 is 20.1 Å². The van der Waals surface area contributed by atoms with Gasteiger partial charge in [0.15, 0.2) is 0 Å². The number of rotatable bonds is 8. The summed E-state index contributed by atoms with van der Waals surface area (Å²) < 4.78 is 9.75. The molecule has 1 aromatic rings. The number of halogens is 1. The number of benzene rings is 1. The summed E-state index contributed by atoms with van der Waals surface area (Å²) in [5, 5.41) is 5.28. The molecule has 2 N–H and O–H groups in total. The van der Waals surface area contributed by atoms with Gasteiger partial charge in [-0.25, -0.2) is 9.59 Å². The van der Waals surface area contributed by atoms with Gasteiger partial charge in [0.1, 0.15) is 18.7 Å². The Balaban J connectivity index is 2.61. The largest absolute Gasteiger partial charge is 0.467 e. The van der Waals surface area contributed by atoms with Crippen LogP contribution in [0.3, 0.4) is 0 Å². The van der Waals surface area contributed by atoms with Crippen LogP contribution in [-0.2, 0) is 25.7 Å². The molecule has 1 rings (SSSR count). The van der Waals surface area contributed by atoms with Crippen molar-refractivity contribution in [1.82, 2.24) is 10.6 Å². The van der Waals surface area contributed by atoms with Crippen LogP contribution in [0.1, 0.15) is 19.4 Å². The summed E-state index contributed by atoms with van der Waals surface area (Å²) in [4.78, 5) is 35.9. The summed E-state index contributed by atoms with van der Waals surface area (Å²) in [6.07, 6.45) is -0.703. The molecule has 0 aliphatic heterocycles. The first-order valence-electron chi connectivity index (χ1n) is 7.80. The summed E-state index contributed by atoms with van der Waals surface area (Å²) in [5.74, 6) is -1.25. The second kappa shape index (κ2) is 10.7. The fourth-order valence-electron chi connectivity index (χ4n) is 1.99. The number of alkyl halides is 1. The molecule has 2 amide bonds. The average Bonchev–Trinajstić information content (AvgIpc) is 2.62. The molecule has 0 saturated heterocycles. The van der Waals surface area contributed by atoms with Crippen LogP contribution >= 0.6 is 15.9 Å². The highest BCUT2D eigenvalue weighted by molar-refractivity contribution is 9.09. The van der Waals surface area contributed by atoms with E-state index >= 15 is 0 Å². The normalized spacial score (nSPS) is 12.8. The zero-order valence-corrected chi connectivity index (χ0v) is 16.0. The van der Waals surface area contributed by atoms with E-state index in [4.69, 9.17) is 4.74 Å². The van der Waals surface area contributed by atoms with E-state index in [0.717, 1.165) is 5.56 Å². The number of nitrogens with one attached hydrogen (secondary N) is 2. The highest BCUT2D eigenvalue weighted by Crippen LogP contribution is 2.06. The van der Waals surface area contributed by atoms with Crippen molar-refractivity contribution in [3.63, 3.8) is 0 Å². The number of amides is 2. The van der Waals surface area contributed by atoms with Crippen LogP contribution in [0.15, 0.2) is 30.3 Å². The summed E-state index contributed by atoms with van der Waals surface area (Å²) in [6.45, 7) is 3.66. The molecule has 25 heavy (non-hydrogen) atoms. The molecule has 1 aromatic carbocycles. The fraction of sp³-hybridized carbons (Fsp3) is 0.471. The fourth-order valence-corrected chi connectivity index (χ4v) is 2.42. The van der Waals surface area contributed by atoms with Crippen molar-refractivity contribution in [3.8, 4) is 0 Å². The highest BCUT2D eigenvalue weighted by atomic mass is 79.9. The summed E-state index contributed by atoms with van der Waals surface area (Å²) >= 11 is 3.15. The monoisotopic (exact) mass is 414 g/mol. The molecule has 0 radical (unpaired) electrons. The van der Waals surface area contributed by atoms with Crippen molar-refractivity contribution in [1.29, 1.82) is 0 Å². The Labute approximate surface area is 155 Å². The number of hydrogen-bond acceptors (Lipinski definition) is 5. The number of carbonyl (C=O) groups is 3. The van der Waals surface area contributed by atoms with Gasteiger partial charge in [0, 0.05) is 5.33 Å². The maximum Gasteiger partial charge on any atom is 0.408 e. The third-order valence-corrected chi connectivity index (χ3v) is 4.04. The molecule has 0 aliphatic rings. The second-order valence-corrected chi connectivity index (χ2v) is 6.31. The predicted molar refractivity (Wildman–Crippen MR) is 96.1 cm³/mol. The molecule has 2 atom stereocenters. The highest BCUT2D eigenvalue weighted by Gasteiger charge is 2.29. The predicted octanol–water partition coefficient (Wildman–Crippen LogP) is 1.99. The third kappa shape index (κ3) is 7.13. The number of esters is 1. The van der Waals surface area contributed by atoms with E-state index in [1.807, 2.05) is 30.3 Å². The van der Waals surface area contributed by atoms with Crippen LogP contribution in [0.5, 0.6) is 0 Å². The van der Waals surface area contributed by atoms with Crippen LogP contribution in [0.25, 0.3) is 0 Å². The Hall–Kier alpha value is -2.09. The van der Waals surface area contributed by atoms with Gasteiger partial charge in [-0.3, -0.25) is 4.79 Å². The molecule has 0 spiro atoms. The molecule has 0 bridgehead atoms. The van der Waals surface area contributed by atoms with Crippen molar-refractivity contribution in [2.75, 3.05) is 12.4 Å². The second-order valence-electron chi connectivity index (χ2n) is 5.67. The lowest BCUT2D eigenvalue weighted by Crippen LogP contribution is -2.54. The standard InChI is InChI=1S/C17H23BrN2O5/c1-11(2)14(15(21)19-13(9-18)16(22)24-3)20-17(23)25-10-12-7-5-4-6-8-12/h4-8,11,13-14H,9-10H2,1-3H3,(H,19,21)(H,20,23)/t13-,14-/m0/s1. The average molecular weight is 415 g/mol. The van der Waals surface area contributed by atoms with E-state index < -0.39 is 30.1 Å². The Morgan fingerprint density at radius 1 is 1.12 bits per heavy atom. The van der Waals surface area contributed by atoms with Gasteiger partial charge in [-0.05, 0) is 11.5 Å². The van der Waals surface area contributed by atoms with Crippen molar-refractivity contribution in [3.05, 3.63) is 35.9 Å². The van der Waals surface area contributed by atoms with Crippen LogP contribution in [-0.4, -0.2) is 42.5 Å². The van der Waals surface area contributed by atoms with E-state index in [1.165, 1.54) is 7.11 Å². The van der Waals surface area contributed by atoms with Gasteiger partial charge in [0.25, 0.3) is 0 Å². The minimum absolute atomic E-state index is 0.102. The van der Waals surface area contributed by atoms with Gasteiger partial charge in [-0.1, -0.05) is 60.1 Å². The quantitative estimate of drug-likeness (QED) is 0.501. The van der Waals surface area contributed by atoms with Gasteiger partial charge in [-0.15, -0.1) is 0 Å². The SMILES string of the molecule is COC(=O)[C@H](CBr)NC(=O)[C@@H](NC(=O)OCc1ccccc1)C(C)C. The minimum Gasteiger partial charge on any atom is -0.467 e. The topological polar surface area (TPSA) is 93.7 Å². The van der Waals surface area contributed by atoms with Crippen LogP contribution in [0.4, 0.5) is 4.79 Å². The molecule has 0 aliphatic carbocycles. The lowest BCUT2D eigenvalue weighted by molar-refractivity contribution is -0.144. The molecule has 7 nitrogen and oxygen atoms in total. The molecule has 0 fully saturated rings. The van der Waals surface area contributed by atoms with Gasteiger partial charge in [0.2, 0.25) is 5.91 Å². The maximum atomic E-state index is 12.4. The molecule has 0 heterocycles. The smallest absolute Gasteiger partial charge is 0.408 e. The maximum absolute atomic E-state index is 12.4. The first kappa shape index (κ1) is 21.0. The van der Waals surface area contributed by atoms with E-state index in [-0.39, 0.29) is 17.9 Å². The summed E-state index contributed by atoms with van der Waals surface area (Å²) in [5.41, 5.74) is 0.841. The van der Waals surface area contributed by atoms with Crippen LogP contribution in [0.2, 0.25) is 0 Å². The van der Waals surface area contributed by atoms with Gasteiger partial charge in [-0.2, -0.15) is 0 Å². The lowest BCUT2D eigenvalue weighted by atomic mass is 10.0. The molecular formula is C17H23BrN2O5. The lowest BCUT2D eigenvalue weighted by Gasteiger charge is -2.23. The van der Waals surface area contributed by atoms with Crippen molar-refractivity contribution in [2.24, 2.45) is 5.92 Å². The van der Waals surface area contributed by atoms with Crippen molar-refractivity contribution < 1.29 is 23.9 Å². The molecule has 0 unspecified atom stereocenters. The van der Waals surface area contributed by atoms with Gasteiger partial charge in [0.05, 0.1) is 7.11 Å². The number of carbonyl (C=O) groups excluding carboxylic acids is 3. The zero-order valence-electron chi connectivity index (χ0n) is 14.5. The summed E-state index contributed by atoms with van der Waals surface area (Å²) in [7, 11) is 1.24. The Morgan fingerprint density at radius 3 is 2.28 bits per heavy atom. The molecular weight excluding hydrogens is 392 g/mol. The molecule has 0 aromatic heterocycles. The first-order valence-corrected chi connectivity index (χ1v) is 8.92. The van der Waals surface area contributed by atoms with E-state index in [1.54, 1.807) is 13.8 Å². The minimum atomic E-state index is -0.838. The van der Waals surface area contributed by atoms with Crippen LogP contribution < -0.4 is 10.6 Å². The Bertz CT molecular complexity index is 580. The van der Waals surface area contributed by atoms with Gasteiger partial charge >= 0.3 is 12.1 Å². The number of ether oxygens (including phenoxy) is 2. The van der Waals surface area contributed by atoms with Crippen molar-refractivity contribution in [2.45, 2.75) is 32.5 Å².